The van der Waals surface area contributed by atoms with Crippen molar-refractivity contribution in [3.05, 3.63) is 24.2 Å². The van der Waals surface area contributed by atoms with Gasteiger partial charge in [-0.05, 0) is 12.1 Å². The van der Waals surface area contributed by atoms with E-state index in [2.05, 4.69) is 0 Å². The van der Waals surface area contributed by atoms with Crippen LogP contribution in [0.15, 0.2) is 22.8 Å². The normalized spacial score (nSPS) is 27.6. The van der Waals surface area contributed by atoms with Crippen LogP contribution in [0.4, 0.5) is 13.2 Å². The Kier molecular flexibility index (Phi) is 3.99. The number of rotatable bonds is 3. The Morgan fingerprint density at radius 2 is 2.10 bits per heavy atom. The summed E-state index contributed by atoms with van der Waals surface area (Å²) in [7, 11) is 1.19. The average Bonchev–Trinajstić information content (AvgIpc) is 2.89. The lowest BCUT2D eigenvalue weighted by Gasteiger charge is -2.36. The van der Waals surface area contributed by atoms with Crippen LogP contribution in [-0.2, 0) is 9.53 Å². The van der Waals surface area contributed by atoms with Crippen LogP contribution in [0.3, 0.4) is 0 Å². The summed E-state index contributed by atoms with van der Waals surface area (Å²) in [6, 6.07) is 2.73. The molecule has 4 nitrogen and oxygen atoms in total. The third kappa shape index (κ3) is 2.77. The van der Waals surface area contributed by atoms with Crippen molar-refractivity contribution < 1.29 is 31.9 Å². The first-order valence-electron chi connectivity index (χ1n) is 6.03. The van der Waals surface area contributed by atoms with Crippen molar-refractivity contribution in [3.63, 3.8) is 0 Å². The van der Waals surface area contributed by atoms with Crippen LogP contribution < -0.4 is 0 Å². The lowest BCUT2D eigenvalue weighted by Crippen LogP contribution is -2.48. The van der Waals surface area contributed by atoms with Gasteiger partial charge in [0.1, 0.15) is 5.78 Å². The van der Waals surface area contributed by atoms with Gasteiger partial charge in [-0.25, -0.2) is 0 Å². The van der Waals surface area contributed by atoms with E-state index in [-0.39, 0.29) is 12.2 Å². The van der Waals surface area contributed by atoms with Crippen LogP contribution in [0, 0.1) is 11.8 Å². The second kappa shape index (κ2) is 5.40. The predicted molar refractivity (Wildman–Crippen MR) is 61.1 cm³/mol. The predicted octanol–water partition coefficient (Wildman–Crippen LogP) is 2.63. The molecule has 2 rings (SSSR count). The van der Waals surface area contributed by atoms with Gasteiger partial charge in [-0.15, -0.1) is 0 Å². The van der Waals surface area contributed by atoms with Gasteiger partial charge < -0.3 is 9.15 Å². The first kappa shape index (κ1) is 14.8. The molecule has 1 unspecified atom stereocenters. The Hall–Kier alpha value is -1.63. The Labute approximate surface area is 112 Å². The first-order valence-corrected chi connectivity index (χ1v) is 6.03. The van der Waals surface area contributed by atoms with E-state index >= 15 is 0 Å². The summed E-state index contributed by atoms with van der Waals surface area (Å²) in [6.07, 6.45) is -5.40. The van der Waals surface area contributed by atoms with Gasteiger partial charge in [0.25, 0.3) is 0 Å². The molecule has 7 heteroatoms. The summed E-state index contributed by atoms with van der Waals surface area (Å²) < 4.78 is 49.1. The van der Waals surface area contributed by atoms with Crippen molar-refractivity contribution in [2.24, 2.45) is 11.8 Å². The first-order chi connectivity index (χ1) is 9.34. The fourth-order valence-corrected chi connectivity index (χ4v) is 2.55. The molecule has 1 aromatic rings. The minimum Gasteiger partial charge on any atom is -0.461 e. The zero-order chi connectivity index (χ0) is 14.9. The molecule has 3 atom stereocenters. The number of hydrogen-bond acceptors (Lipinski definition) is 4. The van der Waals surface area contributed by atoms with Gasteiger partial charge in [0.2, 0.25) is 5.78 Å². The van der Waals surface area contributed by atoms with Gasteiger partial charge in [-0.1, -0.05) is 0 Å². The van der Waals surface area contributed by atoms with E-state index in [0.717, 1.165) is 0 Å². The van der Waals surface area contributed by atoms with E-state index in [9.17, 15) is 22.8 Å². The maximum absolute atomic E-state index is 13.1. The van der Waals surface area contributed by atoms with Gasteiger partial charge in [0.15, 0.2) is 5.76 Å². The molecule has 0 spiro atoms. The van der Waals surface area contributed by atoms with Crippen LogP contribution in [0.5, 0.6) is 0 Å². The minimum absolute atomic E-state index is 0.152. The van der Waals surface area contributed by atoms with Crippen molar-refractivity contribution in [3.8, 4) is 0 Å². The van der Waals surface area contributed by atoms with Crippen molar-refractivity contribution in [2.45, 2.75) is 25.1 Å². The molecule has 0 aliphatic heterocycles. The molecule has 0 aromatic carbocycles. The third-order valence-corrected chi connectivity index (χ3v) is 3.50. The molecule has 1 aliphatic carbocycles. The van der Waals surface area contributed by atoms with E-state index in [1.807, 2.05) is 0 Å². The summed E-state index contributed by atoms with van der Waals surface area (Å²) in [6.45, 7) is 0. The second-order valence-corrected chi connectivity index (χ2v) is 4.74. The number of carbonyl (C=O) groups is 2. The standard InChI is InChI=1S/C13H13F3O4/c1-19-10-6-7(17)5-8(13(14,15)16)11(10)12(18)9-3-2-4-20-9/h2-4,8,10-11H,5-6H2,1H3/t8-,10?,11+/m0/s1. The van der Waals surface area contributed by atoms with Crippen molar-refractivity contribution in [1.29, 1.82) is 0 Å². The van der Waals surface area contributed by atoms with E-state index in [1.165, 1.54) is 25.5 Å². The molecule has 0 amide bonds. The highest BCUT2D eigenvalue weighted by molar-refractivity contribution is 5.97. The maximum Gasteiger partial charge on any atom is 0.393 e. The fourth-order valence-electron chi connectivity index (χ4n) is 2.55. The van der Waals surface area contributed by atoms with Crippen LogP contribution in [0.1, 0.15) is 23.4 Å². The maximum atomic E-state index is 13.1. The SMILES string of the molecule is COC1CC(=O)C[C@H](C(F)(F)F)[C@H]1C(=O)c1ccco1. The Bertz CT molecular complexity index is 492. The molecule has 1 heterocycles. The number of ketones is 2. The molecule has 1 aromatic heterocycles. The summed E-state index contributed by atoms with van der Waals surface area (Å²) in [5, 5.41) is 0. The number of Topliss-reactive ketones (excluding diaryl/α,β-unsaturated/α-hetero) is 2. The number of ether oxygens (including phenoxy) is 1. The number of carbonyl (C=O) groups excluding carboxylic acids is 2. The molecular formula is C13H13F3O4. The smallest absolute Gasteiger partial charge is 0.393 e. The van der Waals surface area contributed by atoms with Gasteiger partial charge >= 0.3 is 6.18 Å². The quantitative estimate of drug-likeness (QED) is 0.803. The van der Waals surface area contributed by atoms with Crippen molar-refractivity contribution in [2.75, 3.05) is 7.11 Å². The fraction of sp³-hybridized carbons (Fsp3) is 0.538. The van der Waals surface area contributed by atoms with Gasteiger partial charge in [0.05, 0.1) is 24.2 Å². The zero-order valence-electron chi connectivity index (χ0n) is 10.6. The summed E-state index contributed by atoms with van der Waals surface area (Å²) in [5.74, 6) is -4.98. The molecule has 1 aliphatic rings. The molecule has 0 bridgehead atoms. The lowest BCUT2D eigenvalue weighted by atomic mass is 9.73. The molecule has 1 saturated carbocycles. The molecular weight excluding hydrogens is 277 g/mol. The molecule has 0 N–H and O–H groups in total. The van der Waals surface area contributed by atoms with Gasteiger partial charge in [-0.2, -0.15) is 13.2 Å². The number of hydrogen-bond donors (Lipinski definition) is 0. The van der Waals surface area contributed by atoms with E-state index in [1.54, 1.807) is 0 Å². The summed E-state index contributed by atoms with van der Waals surface area (Å²) >= 11 is 0. The van der Waals surface area contributed by atoms with Crippen molar-refractivity contribution >= 4 is 11.6 Å². The Morgan fingerprint density at radius 1 is 1.40 bits per heavy atom. The molecule has 110 valence electrons. The molecule has 0 saturated heterocycles. The lowest BCUT2D eigenvalue weighted by molar-refractivity contribution is -0.203. The largest absolute Gasteiger partial charge is 0.461 e. The second-order valence-electron chi connectivity index (χ2n) is 4.74. The summed E-state index contributed by atoms with van der Waals surface area (Å²) in [4.78, 5) is 23.6. The summed E-state index contributed by atoms with van der Waals surface area (Å²) in [5.41, 5.74) is 0. The zero-order valence-corrected chi connectivity index (χ0v) is 10.6. The van der Waals surface area contributed by atoms with Crippen LogP contribution in [-0.4, -0.2) is 31.0 Å². The molecule has 1 fully saturated rings. The van der Waals surface area contributed by atoms with Crippen LogP contribution in [0.2, 0.25) is 0 Å². The highest BCUT2D eigenvalue weighted by Crippen LogP contribution is 2.42. The number of furan rings is 1. The van der Waals surface area contributed by atoms with Gasteiger partial charge in [-0.3, -0.25) is 9.59 Å². The molecule has 20 heavy (non-hydrogen) atoms. The van der Waals surface area contributed by atoms with E-state index in [4.69, 9.17) is 9.15 Å². The number of halogens is 3. The highest BCUT2D eigenvalue weighted by Gasteiger charge is 2.54. The molecule has 0 radical (unpaired) electrons. The highest BCUT2D eigenvalue weighted by atomic mass is 19.4. The number of alkyl halides is 3. The van der Waals surface area contributed by atoms with Crippen molar-refractivity contribution in [1.82, 2.24) is 0 Å². The third-order valence-electron chi connectivity index (χ3n) is 3.50. The Balaban J connectivity index is 2.37. The topological polar surface area (TPSA) is 56.5 Å². The minimum atomic E-state index is -4.64. The van der Waals surface area contributed by atoms with Gasteiger partial charge in [0, 0.05) is 20.0 Å². The number of methoxy groups -OCH3 is 1. The van der Waals surface area contributed by atoms with Crippen LogP contribution >= 0.6 is 0 Å². The average molecular weight is 290 g/mol. The van der Waals surface area contributed by atoms with E-state index < -0.39 is 42.1 Å². The monoisotopic (exact) mass is 290 g/mol. The van der Waals surface area contributed by atoms with E-state index in [0.29, 0.717) is 0 Å². The van der Waals surface area contributed by atoms with Crippen LogP contribution in [0.25, 0.3) is 0 Å². The Morgan fingerprint density at radius 3 is 2.60 bits per heavy atom.